The molecule has 4 rings (SSSR count). The number of ether oxygens (including phenoxy) is 2. The number of hydrogen-bond donors (Lipinski definition) is 1. The van der Waals surface area contributed by atoms with Gasteiger partial charge in [0.1, 0.15) is 6.61 Å². The molecule has 1 aromatic carbocycles. The number of piperidine rings is 1. The third-order valence-electron chi connectivity index (χ3n) is 6.00. The van der Waals surface area contributed by atoms with Crippen molar-refractivity contribution < 1.29 is 27.5 Å². The lowest BCUT2D eigenvalue weighted by molar-refractivity contribution is -0.116. The number of anilines is 2. The van der Waals surface area contributed by atoms with Crippen molar-refractivity contribution in [1.82, 2.24) is 9.21 Å². The molecule has 0 aromatic heterocycles. The number of nitrogens with zero attached hydrogens (tertiary/aromatic N) is 3. The number of rotatable bonds is 7. The molecule has 11 heteroatoms. The Labute approximate surface area is 188 Å². The van der Waals surface area contributed by atoms with Gasteiger partial charge in [0.2, 0.25) is 15.9 Å². The third-order valence-corrected chi connectivity index (χ3v) is 7.90. The number of nitrogens with one attached hydrogen (secondary N) is 1. The van der Waals surface area contributed by atoms with Crippen molar-refractivity contribution in [2.75, 3.05) is 69.3 Å². The average molecular weight is 467 g/mol. The van der Waals surface area contributed by atoms with Gasteiger partial charge in [0.15, 0.2) is 0 Å². The highest BCUT2D eigenvalue weighted by molar-refractivity contribution is 7.89. The Morgan fingerprint density at radius 3 is 2.44 bits per heavy atom. The Balaban J connectivity index is 1.54. The van der Waals surface area contributed by atoms with Gasteiger partial charge in [-0.2, -0.15) is 4.31 Å². The van der Waals surface area contributed by atoms with E-state index in [0.717, 1.165) is 38.0 Å². The summed E-state index contributed by atoms with van der Waals surface area (Å²) in [4.78, 5) is 28.1. The summed E-state index contributed by atoms with van der Waals surface area (Å²) in [5, 5.41) is 2.90. The van der Waals surface area contributed by atoms with Gasteiger partial charge < -0.3 is 24.6 Å². The Bertz CT molecular complexity index is 942. The van der Waals surface area contributed by atoms with Crippen LogP contribution in [0.25, 0.3) is 0 Å². The van der Waals surface area contributed by atoms with Gasteiger partial charge in [-0.3, -0.25) is 4.79 Å². The van der Waals surface area contributed by atoms with Gasteiger partial charge >= 0.3 is 6.09 Å². The standard InChI is InChI=1S/C21H30N4O6S/c26-20(6-9-24-10-15-31-21(24)27)22-18-16-17(32(28,29)25-11-13-30-14-12-25)4-5-19(18)23-7-2-1-3-8-23/h4-5,16H,1-3,6-15H2,(H,22,26). The van der Waals surface area contributed by atoms with Crippen LogP contribution in [0.5, 0.6) is 0 Å². The number of morpholine rings is 1. The fourth-order valence-corrected chi connectivity index (χ4v) is 5.64. The van der Waals surface area contributed by atoms with Crippen LogP contribution in [0.4, 0.5) is 16.2 Å². The molecule has 32 heavy (non-hydrogen) atoms. The summed E-state index contributed by atoms with van der Waals surface area (Å²) in [5.74, 6) is -0.274. The van der Waals surface area contributed by atoms with Gasteiger partial charge in [-0.25, -0.2) is 13.2 Å². The lowest BCUT2D eigenvalue weighted by Crippen LogP contribution is -2.40. The number of carbonyl (C=O) groups is 2. The fraction of sp³-hybridized carbons (Fsp3) is 0.619. The fourth-order valence-electron chi connectivity index (χ4n) is 4.20. The van der Waals surface area contributed by atoms with Gasteiger partial charge in [0.05, 0.1) is 36.0 Å². The number of hydrogen-bond acceptors (Lipinski definition) is 7. The molecule has 2 amide bonds. The highest BCUT2D eigenvalue weighted by atomic mass is 32.2. The molecule has 0 bridgehead atoms. The monoisotopic (exact) mass is 466 g/mol. The first-order valence-corrected chi connectivity index (χ1v) is 12.6. The van der Waals surface area contributed by atoms with Gasteiger partial charge in [0.25, 0.3) is 0 Å². The number of benzene rings is 1. The molecule has 0 saturated carbocycles. The zero-order chi connectivity index (χ0) is 22.6. The molecule has 176 valence electrons. The minimum Gasteiger partial charge on any atom is -0.448 e. The number of cyclic esters (lactones) is 1. The van der Waals surface area contributed by atoms with Crippen LogP contribution in [0.15, 0.2) is 23.1 Å². The predicted molar refractivity (Wildman–Crippen MR) is 118 cm³/mol. The summed E-state index contributed by atoms with van der Waals surface area (Å²) in [6.45, 7) is 4.14. The molecule has 3 fully saturated rings. The second kappa shape index (κ2) is 10.1. The molecule has 3 saturated heterocycles. The quantitative estimate of drug-likeness (QED) is 0.648. The van der Waals surface area contributed by atoms with Crippen molar-refractivity contribution in [3.8, 4) is 0 Å². The molecule has 1 aromatic rings. The van der Waals surface area contributed by atoms with Crippen LogP contribution in [0.2, 0.25) is 0 Å². The van der Waals surface area contributed by atoms with E-state index in [-0.39, 0.29) is 23.8 Å². The zero-order valence-electron chi connectivity index (χ0n) is 18.1. The number of sulfonamides is 1. The summed E-state index contributed by atoms with van der Waals surface area (Å²) in [6.07, 6.45) is 2.96. The van der Waals surface area contributed by atoms with E-state index in [1.54, 1.807) is 18.2 Å². The van der Waals surface area contributed by atoms with Crippen LogP contribution in [-0.2, 0) is 24.3 Å². The van der Waals surface area contributed by atoms with E-state index in [2.05, 4.69) is 10.2 Å². The first-order chi connectivity index (χ1) is 15.4. The Kier molecular flexibility index (Phi) is 7.17. The molecule has 3 aliphatic heterocycles. The maximum Gasteiger partial charge on any atom is 0.409 e. The van der Waals surface area contributed by atoms with Crippen LogP contribution in [-0.4, -0.2) is 88.7 Å². The molecule has 3 heterocycles. The summed E-state index contributed by atoms with van der Waals surface area (Å²) >= 11 is 0. The smallest absolute Gasteiger partial charge is 0.409 e. The zero-order valence-corrected chi connectivity index (χ0v) is 18.9. The van der Waals surface area contributed by atoms with Crippen molar-refractivity contribution in [1.29, 1.82) is 0 Å². The van der Waals surface area contributed by atoms with Crippen molar-refractivity contribution in [2.24, 2.45) is 0 Å². The first-order valence-electron chi connectivity index (χ1n) is 11.1. The maximum atomic E-state index is 13.1. The molecule has 1 N–H and O–H groups in total. The summed E-state index contributed by atoms with van der Waals surface area (Å²) in [7, 11) is -3.69. The summed E-state index contributed by atoms with van der Waals surface area (Å²) in [5.41, 5.74) is 1.30. The molecule has 0 spiro atoms. The van der Waals surface area contributed by atoms with E-state index >= 15 is 0 Å². The second-order valence-electron chi connectivity index (χ2n) is 8.14. The van der Waals surface area contributed by atoms with Gasteiger partial charge in [-0.05, 0) is 37.5 Å². The molecule has 0 aliphatic carbocycles. The normalized spacial score (nSPS) is 20.3. The molecule has 3 aliphatic rings. The van der Waals surface area contributed by atoms with Crippen LogP contribution in [0, 0.1) is 0 Å². The van der Waals surface area contributed by atoms with E-state index in [4.69, 9.17) is 9.47 Å². The minimum absolute atomic E-state index is 0.106. The van der Waals surface area contributed by atoms with Crippen LogP contribution in [0.3, 0.4) is 0 Å². The number of amides is 2. The van der Waals surface area contributed by atoms with E-state index in [1.807, 2.05) is 0 Å². The van der Waals surface area contributed by atoms with Crippen molar-refractivity contribution >= 4 is 33.4 Å². The Hall–Kier alpha value is -2.37. The Morgan fingerprint density at radius 2 is 1.75 bits per heavy atom. The minimum atomic E-state index is -3.69. The maximum absolute atomic E-state index is 13.1. The van der Waals surface area contributed by atoms with Crippen LogP contribution in [0.1, 0.15) is 25.7 Å². The molecular weight excluding hydrogens is 436 g/mol. The predicted octanol–water partition coefficient (Wildman–Crippen LogP) is 1.48. The highest BCUT2D eigenvalue weighted by Gasteiger charge is 2.28. The Morgan fingerprint density at radius 1 is 1.00 bits per heavy atom. The highest BCUT2D eigenvalue weighted by Crippen LogP contribution is 2.32. The van der Waals surface area contributed by atoms with Crippen molar-refractivity contribution in [3.05, 3.63) is 18.2 Å². The van der Waals surface area contributed by atoms with Crippen molar-refractivity contribution in [3.63, 3.8) is 0 Å². The van der Waals surface area contributed by atoms with Gasteiger partial charge in [-0.15, -0.1) is 0 Å². The van der Waals surface area contributed by atoms with Gasteiger partial charge in [-0.1, -0.05) is 0 Å². The van der Waals surface area contributed by atoms with Crippen LogP contribution < -0.4 is 10.2 Å². The molecular formula is C21H30N4O6S. The topological polar surface area (TPSA) is 108 Å². The number of carbonyl (C=O) groups excluding carboxylic acids is 2. The lowest BCUT2D eigenvalue weighted by Gasteiger charge is -2.31. The summed E-state index contributed by atoms with van der Waals surface area (Å²) in [6, 6.07) is 4.95. The third kappa shape index (κ3) is 5.16. The van der Waals surface area contributed by atoms with Gasteiger partial charge in [0, 0.05) is 39.1 Å². The molecule has 0 radical (unpaired) electrons. The lowest BCUT2D eigenvalue weighted by atomic mass is 10.1. The second-order valence-corrected chi connectivity index (χ2v) is 10.1. The molecule has 0 atom stereocenters. The van der Waals surface area contributed by atoms with Crippen molar-refractivity contribution in [2.45, 2.75) is 30.6 Å². The summed E-state index contributed by atoms with van der Waals surface area (Å²) < 4.78 is 37.9. The molecule has 10 nitrogen and oxygen atoms in total. The first kappa shape index (κ1) is 22.8. The van der Waals surface area contributed by atoms with E-state index in [9.17, 15) is 18.0 Å². The molecule has 0 unspecified atom stereocenters. The van der Waals surface area contributed by atoms with E-state index < -0.39 is 16.1 Å². The average Bonchev–Trinajstić information content (AvgIpc) is 3.23. The SMILES string of the molecule is O=C(CCN1CCOC1=O)Nc1cc(S(=O)(=O)N2CCOCC2)ccc1N1CCCCC1. The van der Waals surface area contributed by atoms with E-state index in [1.165, 1.54) is 9.21 Å². The largest absolute Gasteiger partial charge is 0.448 e. The van der Waals surface area contributed by atoms with E-state index in [0.29, 0.717) is 45.1 Å². The van der Waals surface area contributed by atoms with Crippen LogP contribution >= 0.6 is 0 Å².